The molecular weight excluding hydrogens is 258 g/mol. The highest BCUT2D eigenvalue weighted by molar-refractivity contribution is 6.30. The van der Waals surface area contributed by atoms with Crippen LogP contribution in [0, 0.1) is 18.6 Å². The van der Waals surface area contributed by atoms with Gasteiger partial charge in [-0.05, 0) is 48.4 Å². The van der Waals surface area contributed by atoms with Crippen molar-refractivity contribution >= 4 is 11.6 Å². The molecule has 0 spiro atoms. The van der Waals surface area contributed by atoms with Gasteiger partial charge in [-0.1, -0.05) is 17.7 Å². The van der Waals surface area contributed by atoms with E-state index in [0.29, 0.717) is 16.1 Å². The summed E-state index contributed by atoms with van der Waals surface area (Å²) in [6.45, 7) is 1.66. The van der Waals surface area contributed by atoms with E-state index >= 15 is 0 Å². The Morgan fingerprint density at radius 1 is 1.06 bits per heavy atom. The van der Waals surface area contributed by atoms with Crippen LogP contribution in [0.4, 0.5) is 8.78 Å². The molecule has 2 aromatic carbocycles. The molecular formula is C14H11ClF2O. The van der Waals surface area contributed by atoms with Gasteiger partial charge in [0.2, 0.25) is 0 Å². The Kier molecular flexibility index (Phi) is 3.64. The highest BCUT2D eigenvalue weighted by Gasteiger charge is 2.17. The Hall–Kier alpha value is -1.45. The van der Waals surface area contributed by atoms with Gasteiger partial charge >= 0.3 is 0 Å². The Bertz CT molecular complexity index is 584. The summed E-state index contributed by atoms with van der Waals surface area (Å²) in [5.41, 5.74) is 1.09. The molecule has 0 aliphatic heterocycles. The van der Waals surface area contributed by atoms with E-state index in [0.717, 1.165) is 0 Å². The van der Waals surface area contributed by atoms with E-state index < -0.39 is 17.7 Å². The number of rotatable bonds is 2. The first-order valence-electron chi connectivity index (χ1n) is 5.38. The molecule has 1 nitrogen and oxygen atoms in total. The Morgan fingerprint density at radius 2 is 1.78 bits per heavy atom. The average Bonchev–Trinajstić information content (AvgIpc) is 2.31. The van der Waals surface area contributed by atoms with Crippen molar-refractivity contribution in [2.75, 3.05) is 0 Å². The fourth-order valence-corrected chi connectivity index (χ4v) is 2.02. The van der Waals surface area contributed by atoms with E-state index in [1.54, 1.807) is 6.92 Å². The van der Waals surface area contributed by atoms with Crippen LogP contribution in [0.25, 0.3) is 0 Å². The number of hydrogen-bond acceptors (Lipinski definition) is 1. The highest BCUT2D eigenvalue weighted by atomic mass is 35.5. The van der Waals surface area contributed by atoms with Gasteiger partial charge in [0, 0.05) is 10.6 Å². The van der Waals surface area contributed by atoms with Gasteiger partial charge < -0.3 is 5.11 Å². The predicted octanol–water partition coefficient (Wildman–Crippen LogP) is 4.01. The van der Waals surface area contributed by atoms with Crippen LogP contribution in [0.5, 0.6) is 0 Å². The summed E-state index contributed by atoms with van der Waals surface area (Å²) in [7, 11) is 0. The highest BCUT2D eigenvalue weighted by Crippen LogP contribution is 2.28. The van der Waals surface area contributed by atoms with Gasteiger partial charge in [-0.25, -0.2) is 8.78 Å². The monoisotopic (exact) mass is 268 g/mol. The normalized spacial score (nSPS) is 12.5. The number of aliphatic hydroxyl groups is 1. The van der Waals surface area contributed by atoms with Crippen molar-refractivity contribution in [1.82, 2.24) is 0 Å². The lowest BCUT2D eigenvalue weighted by Crippen LogP contribution is -2.05. The molecule has 4 heteroatoms. The van der Waals surface area contributed by atoms with Crippen molar-refractivity contribution in [1.29, 1.82) is 0 Å². The molecule has 0 radical (unpaired) electrons. The minimum atomic E-state index is -1.16. The first-order chi connectivity index (χ1) is 8.49. The molecule has 0 aliphatic carbocycles. The second-order valence-electron chi connectivity index (χ2n) is 4.07. The molecule has 0 fully saturated rings. The van der Waals surface area contributed by atoms with Gasteiger partial charge in [0.05, 0.1) is 0 Å². The lowest BCUT2D eigenvalue weighted by atomic mass is 9.97. The summed E-state index contributed by atoms with van der Waals surface area (Å²) >= 11 is 5.78. The van der Waals surface area contributed by atoms with Crippen LogP contribution in [-0.4, -0.2) is 5.11 Å². The quantitative estimate of drug-likeness (QED) is 0.873. The maximum absolute atomic E-state index is 13.6. The smallest absolute Gasteiger partial charge is 0.129 e. The average molecular weight is 269 g/mol. The molecule has 2 aromatic rings. The Morgan fingerprint density at radius 3 is 2.44 bits per heavy atom. The third-order valence-corrected chi connectivity index (χ3v) is 3.01. The van der Waals surface area contributed by atoms with Crippen molar-refractivity contribution in [3.63, 3.8) is 0 Å². The third kappa shape index (κ3) is 2.52. The first kappa shape index (κ1) is 13.0. The number of benzene rings is 2. The minimum Gasteiger partial charge on any atom is -0.384 e. The van der Waals surface area contributed by atoms with E-state index in [1.165, 1.54) is 36.4 Å². The van der Waals surface area contributed by atoms with Gasteiger partial charge in [-0.3, -0.25) is 0 Å². The molecule has 2 rings (SSSR count). The largest absolute Gasteiger partial charge is 0.384 e. The molecule has 0 saturated heterocycles. The lowest BCUT2D eigenvalue weighted by molar-refractivity contribution is 0.214. The van der Waals surface area contributed by atoms with E-state index in [9.17, 15) is 13.9 Å². The van der Waals surface area contributed by atoms with Crippen LogP contribution in [0.1, 0.15) is 22.8 Å². The van der Waals surface area contributed by atoms with Gasteiger partial charge in [0.25, 0.3) is 0 Å². The van der Waals surface area contributed by atoms with Crippen molar-refractivity contribution < 1.29 is 13.9 Å². The zero-order valence-corrected chi connectivity index (χ0v) is 10.4. The second kappa shape index (κ2) is 5.04. The third-order valence-electron chi connectivity index (χ3n) is 2.78. The van der Waals surface area contributed by atoms with Crippen LogP contribution in [0.3, 0.4) is 0 Å². The topological polar surface area (TPSA) is 20.2 Å². The van der Waals surface area contributed by atoms with E-state index in [4.69, 9.17) is 11.6 Å². The van der Waals surface area contributed by atoms with Crippen molar-refractivity contribution in [3.8, 4) is 0 Å². The van der Waals surface area contributed by atoms with Gasteiger partial charge in [-0.2, -0.15) is 0 Å². The summed E-state index contributed by atoms with van der Waals surface area (Å²) in [6, 6.07) is 7.93. The summed E-state index contributed by atoms with van der Waals surface area (Å²) in [5, 5.41) is 10.5. The van der Waals surface area contributed by atoms with Crippen molar-refractivity contribution in [2.45, 2.75) is 13.0 Å². The lowest BCUT2D eigenvalue weighted by Gasteiger charge is -2.15. The maximum atomic E-state index is 13.6. The van der Waals surface area contributed by atoms with E-state index in [-0.39, 0.29) is 5.56 Å². The molecule has 18 heavy (non-hydrogen) atoms. The van der Waals surface area contributed by atoms with E-state index in [2.05, 4.69) is 0 Å². The van der Waals surface area contributed by atoms with Crippen LogP contribution in [0.15, 0.2) is 36.4 Å². The molecule has 0 heterocycles. The minimum absolute atomic E-state index is 0.0807. The molecule has 0 amide bonds. The molecule has 94 valence electrons. The zero-order chi connectivity index (χ0) is 13.3. The molecule has 1 unspecified atom stereocenters. The molecule has 0 saturated carbocycles. The molecule has 0 aromatic heterocycles. The van der Waals surface area contributed by atoms with Crippen LogP contribution in [-0.2, 0) is 0 Å². The van der Waals surface area contributed by atoms with E-state index in [1.807, 2.05) is 0 Å². The SMILES string of the molecule is Cc1cc(F)ccc1C(O)c1cc(Cl)ccc1F. The summed E-state index contributed by atoms with van der Waals surface area (Å²) in [5.74, 6) is -0.939. The number of hydrogen-bond donors (Lipinski definition) is 1. The summed E-state index contributed by atoms with van der Waals surface area (Å²) in [6.07, 6.45) is -1.16. The molecule has 0 aliphatic rings. The van der Waals surface area contributed by atoms with Crippen molar-refractivity contribution in [2.24, 2.45) is 0 Å². The number of halogens is 3. The Balaban J connectivity index is 2.47. The van der Waals surface area contributed by atoms with Crippen LogP contribution in [0.2, 0.25) is 5.02 Å². The molecule has 1 atom stereocenters. The van der Waals surface area contributed by atoms with Gasteiger partial charge in [-0.15, -0.1) is 0 Å². The fraction of sp³-hybridized carbons (Fsp3) is 0.143. The van der Waals surface area contributed by atoms with Gasteiger partial charge in [0.15, 0.2) is 0 Å². The van der Waals surface area contributed by atoms with Crippen LogP contribution < -0.4 is 0 Å². The summed E-state index contributed by atoms with van der Waals surface area (Å²) in [4.78, 5) is 0. The maximum Gasteiger partial charge on any atom is 0.129 e. The zero-order valence-electron chi connectivity index (χ0n) is 9.62. The number of aryl methyl sites for hydroxylation is 1. The Labute approximate surface area is 109 Å². The molecule has 0 bridgehead atoms. The second-order valence-corrected chi connectivity index (χ2v) is 4.51. The summed E-state index contributed by atoms with van der Waals surface area (Å²) < 4.78 is 26.6. The standard InChI is InChI=1S/C14H11ClF2O/c1-8-6-10(16)3-4-11(8)14(18)12-7-9(15)2-5-13(12)17/h2-7,14,18H,1H3. The predicted molar refractivity (Wildman–Crippen MR) is 66.6 cm³/mol. The molecule has 1 N–H and O–H groups in total. The van der Waals surface area contributed by atoms with Crippen LogP contribution >= 0.6 is 11.6 Å². The first-order valence-corrected chi connectivity index (χ1v) is 5.76. The van der Waals surface area contributed by atoms with Gasteiger partial charge in [0.1, 0.15) is 17.7 Å². The number of aliphatic hydroxyl groups excluding tert-OH is 1. The van der Waals surface area contributed by atoms with Crippen molar-refractivity contribution in [3.05, 3.63) is 69.7 Å². The fourth-order valence-electron chi connectivity index (χ4n) is 1.84.